The Morgan fingerprint density at radius 1 is 1.04 bits per heavy atom. The minimum absolute atomic E-state index is 0.00784. The van der Waals surface area contributed by atoms with Crippen LogP contribution in [-0.2, 0) is 14.6 Å². The van der Waals surface area contributed by atoms with Gasteiger partial charge in [-0.25, -0.2) is 8.42 Å². The Morgan fingerprint density at radius 3 is 2.58 bits per heavy atom. The third-order valence-electron chi connectivity index (χ3n) is 4.84. The van der Waals surface area contributed by atoms with Gasteiger partial charge in [-0.05, 0) is 30.5 Å². The molecule has 24 heavy (non-hydrogen) atoms. The molecule has 1 aliphatic carbocycles. The molecule has 0 spiro atoms. The number of benzene rings is 1. The zero-order valence-corrected chi connectivity index (χ0v) is 15.1. The van der Waals surface area contributed by atoms with Crippen LogP contribution in [-0.4, -0.2) is 20.0 Å². The number of sulfone groups is 1. The van der Waals surface area contributed by atoms with Crippen LogP contribution in [0.2, 0.25) is 10.0 Å². The molecule has 0 bridgehead atoms. The zero-order valence-electron chi connectivity index (χ0n) is 12.7. The summed E-state index contributed by atoms with van der Waals surface area (Å²) in [5, 5.41) is 3.99. The maximum Gasteiger partial charge on any atom is 0.177 e. The lowest BCUT2D eigenvalue weighted by molar-refractivity contribution is -0.116. The molecule has 0 fully saturated rings. The number of carbonyl (C=O) groups excluding carboxylic acids is 1. The van der Waals surface area contributed by atoms with Gasteiger partial charge in [-0.15, -0.1) is 0 Å². The summed E-state index contributed by atoms with van der Waals surface area (Å²) in [4.78, 5) is 12.9. The largest absolute Gasteiger partial charge is 0.361 e. The van der Waals surface area contributed by atoms with Crippen molar-refractivity contribution in [2.75, 3.05) is 5.75 Å². The first kappa shape index (κ1) is 16.2. The molecule has 1 aromatic carbocycles. The highest BCUT2D eigenvalue weighted by molar-refractivity contribution is 7.95. The lowest BCUT2D eigenvalue weighted by Crippen LogP contribution is -2.32. The van der Waals surface area contributed by atoms with Crippen molar-refractivity contribution in [3.8, 4) is 0 Å². The van der Waals surface area contributed by atoms with Crippen LogP contribution in [0.15, 0.2) is 40.1 Å². The number of allylic oxidation sites excluding steroid dienone is 4. The molecule has 2 aliphatic heterocycles. The smallest absolute Gasteiger partial charge is 0.177 e. The molecule has 3 aliphatic rings. The van der Waals surface area contributed by atoms with E-state index in [0.717, 1.165) is 24.2 Å². The summed E-state index contributed by atoms with van der Waals surface area (Å²) >= 11 is 12.1. The lowest BCUT2D eigenvalue weighted by atomic mass is 9.79. The molecule has 126 valence electrons. The first-order valence-corrected chi connectivity index (χ1v) is 10.2. The Hall–Kier alpha value is -1.30. The van der Waals surface area contributed by atoms with Crippen LogP contribution >= 0.6 is 23.2 Å². The monoisotopic (exact) mass is 383 g/mol. The number of ketones is 1. The van der Waals surface area contributed by atoms with Crippen LogP contribution in [0.25, 0.3) is 0 Å². The lowest BCUT2D eigenvalue weighted by Gasteiger charge is -2.33. The maximum absolute atomic E-state index is 12.6. The van der Waals surface area contributed by atoms with Gasteiger partial charge in [0.1, 0.15) is 0 Å². The van der Waals surface area contributed by atoms with E-state index < -0.39 is 15.8 Å². The number of hydrogen-bond donors (Lipinski definition) is 1. The van der Waals surface area contributed by atoms with E-state index in [2.05, 4.69) is 5.32 Å². The first-order chi connectivity index (χ1) is 11.4. The minimum Gasteiger partial charge on any atom is -0.361 e. The molecule has 7 heteroatoms. The van der Waals surface area contributed by atoms with Gasteiger partial charge >= 0.3 is 0 Å². The third-order valence-corrected chi connectivity index (χ3v) is 7.47. The molecular weight excluding hydrogens is 369 g/mol. The second-order valence-corrected chi connectivity index (χ2v) is 9.20. The van der Waals surface area contributed by atoms with E-state index in [0.29, 0.717) is 38.9 Å². The Morgan fingerprint density at radius 2 is 1.83 bits per heavy atom. The number of carbonyl (C=O) groups is 1. The first-order valence-electron chi connectivity index (χ1n) is 7.82. The van der Waals surface area contributed by atoms with Crippen molar-refractivity contribution in [3.05, 3.63) is 55.7 Å². The van der Waals surface area contributed by atoms with Gasteiger partial charge in [-0.3, -0.25) is 4.79 Å². The number of hydrogen-bond acceptors (Lipinski definition) is 4. The standard InChI is InChI=1S/C17H15Cl2NO3S/c18-10-5-4-9(8-11(10)19)15-16-12(2-1-3-14(16)21)20-13-6-7-24(22,23)17(13)15/h4-5,8,15,20H,1-3,6-7H2/t15-/m0/s1. The molecule has 0 saturated heterocycles. The van der Waals surface area contributed by atoms with E-state index in [1.807, 2.05) is 0 Å². The van der Waals surface area contributed by atoms with Gasteiger partial charge < -0.3 is 5.32 Å². The van der Waals surface area contributed by atoms with Crippen molar-refractivity contribution < 1.29 is 13.2 Å². The van der Waals surface area contributed by atoms with Crippen LogP contribution < -0.4 is 5.32 Å². The summed E-state index contributed by atoms with van der Waals surface area (Å²) in [7, 11) is -3.39. The summed E-state index contributed by atoms with van der Waals surface area (Å²) in [6.07, 6.45) is 2.45. The van der Waals surface area contributed by atoms with Crippen molar-refractivity contribution in [3.63, 3.8) is 0 Å². The van der Waals surface area contributed by atoms with Gasteiger partial charge in [0.15, 0.2) is 15.6 Å². The molecule has 2 heterocycles. The predicted molar refractivity (Wildman–Crippen MR) is 93.7 cm³/mol. The van der Waals surface area contributed by atoms with Gasteiger partial charge in [0, 0.05) is 29.8 Å². The summed E-state index contributed by atoms with van der Waals surface area (Å²) in [5.74, 6) is -0.489. The summed E-state index contributed by atoms with van der Waals surface area (Å²) in [6, 6.07) is 5.08. The number of rotatable bonds is 1. The van der Waals surface area contributed by atoms with Crippen LogP contribution in [0.1, 0.15) is 37.2 Å². The van der Waals surface area contributed by atoms with Gasteiger partial charge in [0.05, 0.1) is 26.6 Å². The van der Waals surface area contributed by atoms with Crippen molar-refractivity contribution in [1.29, 1.82) is 0 Å². The molecule has 0 radical (unpaired) electrons. The molecule has 4 nitrogen and oxygen atoms in total. The quantitative estimate of drug-likeness (QED) is 0.802. The highest BCUT2D eigenvalue weighted by Gasteiger charge is 2.44. The van der Waals surface area contributed by atoms with Crippen molar-refractivity contribution in [1.82, 2.24) is 5.32 Å². The normalized spacial score (nSPS) is 25.4. The summed E-state index contributed by atoms with van der Waals surface area (Å²) < 4.78 is 25.2. The topological polar surface area (TPSA) is 63.2 Å². The van der Waals surface area contributed by atoms with Crippen molar-refractivity contribution in [2.45, 2.75) is 31.6 Å². The number of Topliss-reactive ketones (excluding diaryl/α,β-unsaturated/α-hetero) is 1. The number of halogens is 2. The third kappa shape index (κ3) is 2.41. The zero-order chi connectivity index (χ0) is 17.1. The van der Waals surface area contributed by atoms with Gasteiger partial charge in [-0.1, -0.05) is 29.3 Å². The SMILES string of the molecule is O=C1CCCC2=C1[C@H](c1ccc(Cl)c(Cl)c1)C1=C(CCS1(=O)=O)N2. The second-order valence-electron chi connectivity index (χ2n) is 6.31. The average Bonchev–Trinajstić information content (AvgIpc) is 2.84. The van der Waals surface area contributed by atoms with Crippen LogP contribution in [0, 0.1) is 0 Å². The van der Waals surface area contributed by atoms with E-state index in [1.165, 1.54) is 0 Å². The van der Waals surface area contributed by atoms with Gasteiger partial charge in [0.25, 0.3) is 0 Å². The molecule has 1 N–H and O–H groups in total. The summed E-state index contributed by atoms with van der Waals surface area (Å²) in [5.41, 5.74) is 2.85. The van der Waals surface area contributed by atoms with Crippen molar-refractivity contribution in [2.24, 2.45) is 0 Å². The van der Waals surface area contributed by atoms with Gasteiger partial charge in [-0.2, -0.15) is 0 Å². The summed E-state index contributed by atoms with van der Waals surface area (Å²) in [6.45, 7) is 0. The molecule has 4 rings (SSSR count). The van der Waals surface area contributed by atoms with E-state index in [4.69, 9.17) is 23.2 Å². The number of nitrogens with one attached hydrogen (secondary N) is 1. The van der Waals surface area contributed by atoms with E-state index in [-0.39, 0.29) is 11.5 Å². The molecule has 0 unspecified atom stereocenters. The number of dihydropyridines is 1. The fourth-order valence-electron chi connectivity index (χ4n) is 3.79. The highest BCUT2D eigenvalue weighted by Crippen LogP contribution is 2.48. The molecule has 0 saturated carbocycles. The minimum atomic E-state index is -3.39. The molecule has 1 aromatic rings. The average molecular weight is 384 g/mol. The Kier molecular flexibility index (Phi) is 3.79. The Balaban J connectivity index is 1.96. The molecule has 0 aromatic heterocycles. The van der Waals surface area contributed by atoms with Gasteiger partial charge in [0.2, 0.25) is 0 Å². The predicted octanol–water partition coefficient (Wildman–Crippen LogP) is 3.72. The van der Waals surface area contributed by atoms with E-state index >= 15 is 0 Å². The maximum atomic E-state index is 12.6. The van der Waals surface area contributed by atoms with Crippen LogP contribution in [0.3, 0.4) is 0 Å². The highest BCUT2D eigenvalue weighted by atomic mass is 35.5. The van der Waals surface area contributed by atoms with E-state index in [9.17, 15) is 13.2 Å². The van der Waals surface area contributed by atoms with E-state index in [1.54, 1.807) is 18.2 Å². The second kappa shape index (κ2) is 5.61. The fourth-order valence-corrected chi connectivity index (χ4v) is 5.93. The molecule has 0 amide bonds. The fraction of sp³-hybridized carbons (Fsp3) is 0.353. The van der Waals surface area contributed by atoms with Crippen LogP contribution in [0.4, 0.5) is 0 Å². The van der Waals surface area contributed by atoms with Crippen molar-refractivity contribution >= 4 is 38.8 Å². The molecular formula is C17H15Cl2NO3S. The Bertz CT molecular complexity index is 931. The molecule has 1 atom stereocenters. The van der Waals surface area contributed by atoms with Crippen LogP contribution in [0.5, 0.6) is 0 Å². The Labute approximate surface area is 150 Å².